The summed E-state index contributed by atoms with van der Waals surface area (Å²) in [6.07, 6.45) is 0. The monoisotopic (exact) mass is 326 g/mol. The van der Waals surface area contributed by atoms with E-state index in [1.165, 1.54) is 17.0 Å². The van der Waals surface area contributed by atoms with Crippen molar-refractivity contribution < 1.29 is 19.1 Å². The molecule has 118 valence electrons. The Morgan fingerprint density at radius 3 is 2.68 bits per heavy atom. The molecule has 2 aliphatic rings. The van der Waals surface area contributed by atoms with Crippen LogP contribution >= 0.6 is 11.6 Å². The van der Waals surface area contributed by atoms with E-state index in [0.29, 0.717) is 19.6 Å². The summed E-state index contributed by atoms with van der Waals surface area (Å²) in [5.74, 6) is -1.83. The first-order valence-electron chi connectivity index (χ1n) is 7.00. The van der Waals surface area contributed by atoms with E-state index >= 15 is 0 Å². The normalized spacial score (nSPS) is 28.0. The van der Waals surface area contributed by atoms with Gasteiger partial charge in [-0.2, -0.15) is 0 Å². The lowest BCUT2D eigenvalue weighted by Crippen LogP contribution is -2.41. The van der Waals surface area contributed by atoms with E-state index in [1.807, 2.05) is 11.9 Å². The molecular weight excluding hydrogens is 311 g/mol. The first-order valence-corrected chi connectivity index (χ1v) is 7.37. The molecule has 22 heavy (non-hydrogen) atoms. The van der Waals surface area contributed by atoms with Crippen LogP contribution in [0, 0.1) is 17.2 Å². The molecule has 2 aliphatic heterocycles. The van der Waals surface area contributed by atoms with Crippen molar-refractivity contribution in [1.82, 2.24) is 9.80 Å². The molecule has 1 aromatic carbocycles. The number of likely N-dealkylation sites (tertiary alicyclic amines) is 2. The van der Waals surface area contributed by atoms with Crippen LogP contribution < -0.4 is 0 Å². The zero-order valence-corrected chi connectivity index (χ0v) is 12.8. The number of aliphatic carboxylic acids is 1. The molecule has 1 aromatic rings. The third-order valence-electron chi connectivity index (χ3n) is 4.65. The first-order chi connectivity index (χ1) is 10.3. The van der Waals surface area contributed by atoms with Gasteiger partial charge in [-0.05, 0) is 25.2 Å². The van der Waals surface area contributed by atoms with Crippen molar-refractivity contribution in [1.29, 1.82) is 0 Å². The van der Waals surface area contributed by atoms with Crippen molar-refractivity contribution in [3.63, 3.8) is 0 Å². The number of benzene rings is 1. The molecule has 1 N–H and O–H groups in total. The van der Waals surface area contributed by atoms with Crippen LogP contribution in [0.5, 0.6) is 0 Å². The van der Waals surface area contributed by atoms with Crippen LogP contribution in [0.25, 0.3) is 0 Å². The van der Waals surface area contributed by atoms with E-state index in [1.54, 1.807) is 0 Å². The molecule has 0 spiro atoms. The summed E-state index contributed by atoms with van der Waals surface area (Å²) < 4.78 is 13.1. The molecule has 2 saturated heterocycles. The number of fused-ring (bicyclic) bond motifs is 1. The fourth-order valence-electron chi connectivity index (χ4n) is 3.61. The van der Waals surface area contributed by atoms with Crippen molar-refractivity contribution >= 4 is 23.5 Å². The molecule has 0 saturated carbocycles. The molecule has 2 heterocycles. The first kappa shape index (κ1) is 15.2. The zero-order chi connectivity index (χ0) is 16.1. The Balaban J connectivity index is 1.86. The zero-order valence-electron chi connectivity index (χ0n) is 12.1. The quantitative estimate of drug-likeness (QED) is 0.896. The molecular formula is C15H16ClFN2O3. The van der Waals surface area contributed by atoms with Crippen LogP contribution in [0.4, 0.5) is 4.39 Å². The van der Waals surface area contributed by atoms with E-state index in [2.05, 4.69) is 0 Å². The number of carbonyl (C=O) groups excluding carboxylic acids is 1. The maximum Gasteiger partial charge on any atom is 0.313 e. The van der Waals surface area contributed by atoms with Crippen molar-refractivity contribution in [2.45, 2.75) is 0 Å². The maximum absolute atomic E-state index is 13.1. The lowest BCUT2D eigenvalue weighted by atomic mass is 9.81. The average Bonchev–Trinajstić information content (AvgIpc) is 2.91. The van der Waals surface area contributed by atoms with Gasteiger partial charge in [0.1, 0.15) is 11.2 Å². The predicted molar refractivity (Wildman–Crippen MR) is 78.4 cm³/mol. The summed E-state index contributed by atoms with van der Waals surface area (Å²) in [6.45, 7) is 1.61. The summed E-state index contributed by atoms with van der Waals surface area (Å²) in [6, 6.07) is 3.61. The second kappa shape index (κ2) is 5.21. The standard InChI is InChI=1S/C15H16ClFN2O3/c1-18-5-9-6-19(8-15(9,7-18)14(21)22)13(20)11-3-2-10(17)4-12(11)16/h2-4,9H,5-8H2,1H3,(H,21,22)/t9-,15-/m0/s1. The number of hydrogen-bond donors (Lipinski definition) is 1. The van der Waals surface area contributed by atoms with Gasteiger partial charge in [0.2, 0.25) is 0 Å². The number of rotatable bonds is 2. The van der Waals surface area contributed by atoms with Crippen molar-refractivity contribution in [2.75, 3.05) is 33.2 Å². The van der Waals surface area contributed by atoms with E-state index in [9.17, 15) is 19.1 Å². The smallest absolute Gasteiger partial charge is 0.313 e. The van der Waals surface area contributed by atoms with Crippen LogP contribution in [-0.2, 0) is 4.79 Å². The van der Waals surface area contributed by atoms with Gasteiger partial charge in [-0.3, -0.25) is 9.59 Å². The highest BCUT2D eigenvalue weighted by atomic mass is 35.5. The van der Waals surface area contributed by atoms with Crippen molar-refractivity contribution in [2.24, 2.45) is 11.3 Å². The van der Waals surface area contributed by atoms with E-state index < -0.39 is 17.2 Å². The average molecular weight is 327 g/mol. The molecule has 3 rings (SSSR count). The topological polar surface area (TPSA) is 60.9 Å². The molecule has 0 radical (unpaired) electrons. The highest BCUT2D eigenvalue weighted by Crippen LogP contribution is 2.42. The van der Waals surface area contributed by atoms with E-state index in [4.69, 9.17) is 11.6 Å². The summed E-state index contributed by atoms with van der Waals surface area (Å²) in [7, 11) is 1.88. The number of halogens is 2. The summed E-state index contributed by atoms with van der Waals surface area (Å²) in [5, 5.41) is 9.66. The minimum atomic E-state index is -0.920. The van der Waals surface area contributed by atoms with Crippen LogP contribution in [0.2, 0.25) is 5.02 Å². The molecule has 0 unspecified atom stereocenters. The minimum Gasteiger partial charge on any atom is -0.481 e. The number of carbonyl (C=O) groups is 2. The van der Waals surface area contributed by atoms with Crippen LogP contribution in [0.3, 0.4) is 0 Å². The number of nitrogens with zero attached hydrogens (tertiary/aromatic N) is 2. The Kier molecular flexibility index (Phi) is 3.61. The minimum absolute atomic E-state index is 0.0450. The number of carboxylic acids is 1. The SMILES string of the molecule is CN1C[C@H]2CN(C(=O)c3ccc(F)cc3Cl)C[C@@]2(C(=O)O)C1. The molecule has 2 fully saturated rings. The Morgan fingerprint density at radius 2 is 2.09 bits per heavy atom. The Bertz CT molecular complexity index is 654. The van der Waals surface area contributed by atoms with Gasteiger partial charge in [0.05, 0.1) is 10.6 Å². The lowest BCUT2D eigenvalue weighted by molar-refractivity contribution is -0.148. The van der Waals surface area contributed by atoms with Gasteiger partial charge in [-0.15, -0.1) is 0 Å². The van der Waals surface area contributed by atoms with Gasteiger partial charge in [-0.25, -0.2) is 4.39 Å². The predicted octanol–water partition coefficient (Wildman–Crippen LogP) is 1.57. The second-order valence-electron chi connectivity index (χ2n) is 6.16. The van der Waals surface area contributed by atoms with E-state index in [-0.39, 0.29) is 29.0 Å². The highest BCUT2D eigenvalue weighted by Gasteiger charge is 2.57. The molecule has 2 atom stereocenters. The summed E-state index contributed by atoms with van der Waals surface area (Å²) in [4.78, 5) is 27.8. The van der Waals surface area contributed by atoms with Gasteiger partial charge >= 0.3 is 5.97 Å². The molecule has 7 heteroatoms. The summed E-state index contributed by atoms with van der Waals surface area (Å²) >= 11 is 5.93. The third kappa shape index (κ3) is 2.27. The van der Waals surface area contributed by atoms with Gasteiger partial charge in [0.25, 0.3) is 5.91 Å². The lowest BCUT2D eigenvalue weighted by Gasteiger charge is -2.24. The second-order valence-corrected chi connectivity index (χ2v) is 6.57. The third-order valence-corrected chi connectivity index (χ3v) is 4.97. The maximum atomic E-state index is 13.1. The number of hydrogen-bond acceptors (Lipinski definition) is 3. The Labute approximate surface area is 132 Å². The Hall–Kier alpha value is -1.66. The van der Waals surface area contributed by atoms with Gasteiger partial charge in [0.15, 0.2) is 0 Å². The Morgan fingerprint density at radius 1 is 1.36 bits per heavy atom. The van der Waals surface area contributed by atoms with Crippen LogP contribution in [-0.4, -0.2) is 60.0 Å². The molecule has 0 aliphatic carbocycles. The summed E-state index contributed by atoms with van der Waals surface area (Å²) in [5.41, 5.74) is -0.714. The molecule has 0 bridgehead atoms. The fourth-order valence-corrected chi connectivity index (χ4v) is 3.85. The molecule has 0 aromatic heterocycles. The largest absolute Gasteiger partial charge is 0.481 e. The van der Waals surface area contributed by atoms with Crippen molar-refractivity contribution in [3.05, 3.63) is 34.6 Å². The van der Waals surface area contributed by atoms with Gasteiger partial charge < -0.3 is 14.9 Å². The van der Waals surface area contributed by atoms with Gasteiger partial charge in [0, 0.05) is 32.1 Å². The van der Waals surface area contributed by atoms with Crippen molar-refractivity contribution in [3.8, 4) is 0 Å². The highest BCUT2D eigenvalue weighted by molar-refractivity contribution is 6.33. The van der Waals surface area contributed by atoms with Crippen LogP contribution in [0.1, 0.15) is 10.4 Å². The fraction of sp³-hybridized carbons (Fsp3) is 0.467. The number of amides is 1. The van der Waals surface area contributed by atoms with E-state index in [0.717, 1.165) is 6.07 Å². The van der Waals surface area contributed by atoms with Gasteiger partial charge in [-0.1, -0.05) is 11.6 Å². The number of carboxylic acid groups (broad SMARTS) is 1. The molecule has 1 amide bonds. The van der Waals surface area contributed by atoms with Crippen LogP contribution in [0.15, 0.2) is 18.2 Å². The molecule has 5 nitrogen and oxygen atoms in total.